The molecule has 1 aliphatic rings. The molecule has 1 aromatic rings. The molecule has 1 aromatic carbocycles. The first kappa shape index (κ1) is 17.3. The summed E-state index contributed by atoms with van der Waals surface area (Å²) in [6.07, 6.45) is 1.61. The molecule has 0 unspecified atom stereocenters. The number of piperazine rings is 1. The van der Waals surface area contributed by atoms with E-state index in [4.69, 9.17) is 0 Å². The maximum Gasteiger partial charge on any atom is 0.161 e. The van der Waals surface area contributed by atoms with Gasteiger partial charge in [0.25, 0.3) is 0 Å². The Bertz CT molecular complexity index is 437. The minimum Gasteiger partial charge on any atom is -0.314 e. The van der Waals surface area contributed by atoms with Crippen molar-refractivity contribution >= 4 is 12.4 Å². The second-order valence-corrected chi connectivity index (χ2v) is 4.88. The van der Waals surface area contributed by atoms with Gasteiger partial charge in [-0.3, -0.25) is 4.90 Å². The summed E-state index contributed by atoms with van der Waals surface area (Å²) in [6.45, 7) is 5.27. The lowest BCUT2D eigenvalue weighted by Gasteiger charge is -2.35. The van der Waals surface area contributed by atoms with Crippen LogP contribution in [0.25, 0.3) is 0 Å². The van der Waals surface area contributed by atoms with Crippen LogP contribution in [0, 0.1) is 17.5 Å². The van der Waals surface area contributed by atoms with E-state index in [1.54, 1.807) is 0 Å². The Morgan fingerprint density at radius 3 is 2.30 bits per heavy atom. The fourth-order valence-corrected chi connectivity index (χ4v) is 2.60. The molecule has 0 aromatic heterocycles. The van der Waals surface area contributed by atoms with Gasteiger partial charge in [-0.15, -0.1) is 12.4 Å². The molecule has 0 bridgehead atoms. The summed E-state index contributed by atoms with van der Waals surface area (Å²) in [5.41, 5.74) is 0.266. The summed E-state index contributed by atoms with van der Waals surface area (Å²) in [6, 6.07) is 1.48. The standard InChI is InChI=1S/C14H19F3N2.ClH/c1-2-3-14(19-6-4-18-5-7-19)10-8-12(16)13(17)9-11(10)15;/h8-9,14,18H,2-7H2,1H3;1H/t14-;/m1./s1. The molecule has 2 nitrogen and oxygen atoms in total. The van der Waals surface area contributed by atoms with Crippen LogP contribution in [0.1, 0.15) is 31.4 Å². The lowest BCUT2D eigenvalue weighted by molar-refractivity contribution is 0.161. The number of rotatable bonds is 4. The minimum atomic E-state index is -1.13. The Morgan fingerprint density at radius 1 is 1.10 bits per heavy atom. The van der Waals surface area contributed by atoms with E-state index in [0.29, 0.717) is 6.07 Å². The van der Waals surface area contributed by atoms with Crippen LogP contribution in [0.4, 0.5) is 13.2 Å². The van der Waals surface area contributed by atoms with E-state index in [2.05, 4.69) is 10.2 Å². The van der Waals surface area contributed by atoms with E-state index < -0.39 is 17.5 Å². The summed E-state index contributed by atoms with van der Waals surface area (Å²) in [4.78, 5) is 2.13. The molecule has 1 N–H and O–H groups in total. The van der Waals surface area contributed by atoms with Gasteiger partial charge in [-0.05, 0) is 12.5 Å². The molecule has 0 spiro atoms. The van der Waals surface area contributed by atoms with Crippen molar-refractivity contribution in [3.8, 4) is 0 Å². The molecule has 1 heterocycles. The van der Waals surface area contributed by atoms with Gasteiger partial charge >= 0.3 is 0 Å². The quantitative estimate of drug-likeness (QED) is 0.859. The Balaban J connectivity index is 0.00000200. The van der Waals surface area contributed by atoms with Crippen LogP contribution in [-0.2, 0) is 0 Å². The summed E-state index contributed by atoms with van der Waals surface area (Å²) in [5, 5.41) is 3.23. The van der Waals surface area contributed by atoms with E-state index in [0.717, 1.165) is 45.1 Å². The van der Waals surface area contributed by atoms with Gasteiger partial charge in [-0.1, -0.05) is 13.3 Å². The smallest absolute Gasteiger partial charge is 0.161 e. The minimum absolute atomic E-state index is 0. The summed E-state index contributed by atoms with van der Waals surface area (Å²) < 4.78 is 40.3. The van der Waals surface area contributed by atoms with Gasteiger partial charge in [-0.25, -0.2) is 13.2 Å². The number of hydrogen-bond donors (Lipinski definition) is 1. The highest BCUT2D eigenvalue weighted by atomic mass is 35.5. The van der Waals surface area contributed by atoms with Crippen LogP contribution in [0.3, 0.4) is 0 Å². The molecule has 1 aliphatic heterocycles. The van der Waals surface area contributed by atoms with Gasteiger partial charge in [0, 0.05) is 43.9 Å². The lowest BCUT2D eigenvalue weighted by atomic mass is 9.99. The average Bonchev–Trinajstić information content (AvgIpc) is 2.42. The zero-order valence-electron chi connectivity index (χ0n) is 11.5. The third kappa shape index (κ3) is 3.87. The van der Waals surface area contributed by atoms with E-state index in [9.17, 15) is 13.2 Å². The Morgan fingerprint density at radius 2 is 1.70 bits per heavy atom. The molecule has 2 rings (SSSR count). The summed E-state index contributed by atoms with van der Waals surface area (Å²) >= 11 is 0. The first-order valence-corrected chi connectivity index (χ1v) is 6.72. The summed E-state index contributed by atoms with van der Waals surface area (Å²) in [7, 11) is 0. The van der Waals surface area contributed by atoms with Crippen molar-refractivity contribution in [1.29, 1.82) is 0 Å². The molecule has 0 aliphatic carbocycles. The van der Waals surface area contributed by atoms with Gasteiger partial charge in [0.05, 0.1) is 0 Å². The van der Waals surface area contributed by atoms with Gasteiger partial charge < -0.3 is 5.32 Å². The number of benzene rings is 1. The first-order chi connectivity index (χ1) is 9.13. The highest BCUT2D eigenvalue weighted by Crippen LogP contribution is 2.29. The van der Waals surface area contributed by atoms with Crippen molar-refractivity contribution in [1.82, 2.24) is 10.2 Å². The topological polar surface area (TPSA) is 15.3 Å². The van der Waals surface area contributed by atoms with Crippen LogP contribution in [0.15, 0.2) is 12.1 Å². The van der Waals surface area contributed by atoms with Gasteiger partial charge in [-0.2, -0.15) is 0 Å². The number of nitrogens with one attached hydrogen (secondary N) is 1. The Kier molecular flexibility index (Phi) is 6.79. The van der Waals surface area contributed by atoms with Crippen LogP contribution in [0.5, 0.6) is 0 Å². The maximum absolute atomic E-state index is 13.9. The van der Waals surface area contributed by atoms with E-state index in [-0.39, 0.29) is 24.0 Å². The van der Waals surface area contributed by atoms with Crippen molar-refractivity contribution in [3.63, 3.8) is 0 Å². The second kappa shape index (κ2) is 7.86. The third-order valence-electron chi connectivity index (χ3n) is 3.55. The average molecular weight is 309 g/mol. The van der Waals surface area contributed by atoms with Crippen molar-refractivity contribution in [2.24, 2.45) is 0 Å². The predicted molar refractivity (Wildman–Crippen MR) is 75.7 cm³/mol. The fourth-order valence-electron chi connectivity index (χ4n) is 2.60. The van der Waals surface area contributed by atoms with Crippen LogP contribution < -0.4 is 5.32 Å². The van der Waals surface area contributed by atoms with Crippen molar-refractivity contribution in [3.05, 3.63) is 35.1 Å². The molecule has 114 valence electrons. The van der Waals surface area contributed by atoms with Crippen LogP contribution in [-0.4, -0.2) is 31.1 Å². The Labute approximate surface area is 123 Å². The van der Waals surface area contributed by atoms with Crippen LogP contribution in [0.2, 0.25) is 0 Å². The lowest BCUT2D eigenvalue weighted by Crippen LogP contribution is -2.45. The van der Waals surface area contributed by atoms with Gasteiger partial charge in [0.15, 0.2) is 11.6 Å². The molecule has 20 heavy (non-hydrogen) atoms. The van der Waals surface area contributed by atoms with Gasteiger partial charge in [0.2, 0.25) is 0 Å². The van der Waals surface area contributed by atoms with Crippen molar-refractivity contribution < 1.29 is 13.2 Å². The summed E-state index contributed by atoms with van der Waals surface area (Å²) in [5.74, 6) is -2.76. The molecular formula is C14H20ClF3N2. The molecule has 0 radical (unpaired) electrons. The monoisotopic (exact) mass is 308 g/mol. The largest absolute Gasteiger partial charge is 0.314 e. The van der Waals surface area contributed by atoms with Crippen molar-refractivity contribution in [2.75, 3.05) is 26.2 Å². The van der Waals surface area contributed by atoms with E-state index >= 15 is 0 Å². The molecule has 6 heteroatoms. The van der Waals surface area contributed by atoms with E-state index in [1.165, 1.54) is 0 Å². The molecule has 1 atom stereocenters. The van der Waals surface area contributed by atoms with E-state index in [1.807, 2.05) is 6.92 Å². The molecular weight excluding hydrogens is 289 g/mol. The highest BCUT2D eigenvalue weighted by Gasteiger charge is 2.25. The predicted octanol–water partition coefficient (Wildman–Crippen LogP) is 3.27. The third-order valence-corrected chi connectivity index (χ3v) is 3.55. The zero-order valence-corrected chi connectivity index (χ0v) is 12.3. The first-order valence-electron chi connectivity index (χ1n) is 6.72. The normalized spacial score (nSPS) is 17.6. The Hall–Kier alpha value is -0.780. The fraction of sp³-hybridized carbons (Fsp3) is 0.571. The number of nitrogens with zero attached hydrogens (tertiary/aromatic N) is 1. The molecule has 0 amide bonds. The zero-order chi connectivity index (χ0) is 13.8. The molecule has 0 saturated carbocycles. The van der Waals surface area contributed by atoms with Gasteiger partial charge in [0.1, 0.15) is 5.82 Å². The van der Waals surface area contributed by atoms with Crippen molar-refractivity contribution in [2.45, 2.75) is 25.8 Å². The molecule has 1 fully saturated rings. The SMILES string of the molecule is CCC[C@H](c1cc(F)c(F)cc1F)N1CCNCC1.Cl. The number of hydrogen-bond acceptors (Lipinski definition) is 2. The highest BCUT2D eigenvalue weighted by molar-refractivity contribution is 5.85. The second-order valence-electron chi connectivity index (χ2n) is 4.88. The number of halogens is 4. The molecule has 1 saturated heterocycles. The van der Waals surface area contributed by atoms with Crippen LogP contribution >= 0.6 is 12.4 Å². The maximum atomic E-state index is 13.9.